The standard InChI is InChI=1S/C17H24N4O/c1-4-21-15-10-18-7-5-14(15)19-17(21)13-6-8-20(11-13)16(22)9-12(2)3/h5,7,10,12-13H,4,6,8-9,11H2,1-3H3. The number of likely N-dealkylation sites (tertiary alicyclic amines) is 1. The Kier molecular flexibility index (Phi) is 4.14. The van der Waals surface area contributed by atoms with E-state index in [0.29, 0.717) is 18.3 Å². The Morgan fingerprint density at radius 2 is 2.27 bits per heavy atom. The third-order valence-electron chi connectivity index (χ3n) is 4.39. The van der Waals surface area contributed by atoms with Gasteiger partial charge in [-0.1, -0.05) is 13.8 Å². The third-order valence-corrected chi connectivity index (χ3v) is 4.39. The van der Waals surface area contributed by atoms with Crippen molar-refractivity contribution in [2.24, 2.45) is 5.92 Å². The van der Waals surface area contributed by atoms with Crippen LogP contribution in [0, 0.1) is 5.92 Å². The number of rotatable bonds is 4. The number of nitrogens with zero attached hydrogens (tertiary/aromatic N) is 4. The Bertz CT molecular complexity index is 676. The van der Waals surface area contributed by atoms with Gasteiger partial charge in [-0.3, -0.25) is 9.78 Å². The summed E-state index contributed by atoms with van der Waals surface area (Å²) in [5.74, 6) is 2.13. The molecule has 2 aromatic rings. The highest BCUT2D eigenvalue weighted by Gasteiger charge is 2.30. The van der Waals surface area contributed by atoms with Gasteiger partial charge in [0.15, 0.2) is 0 Å². The predicted octanol–water partition coefficient (Wildman–Crippen LogP) is 2.81. The molecule has 0 aliphatic carbocycles. The van der Waals surface area contributed by atoms with Crippen LogP contribution in [0.4, 0.5) is 0 Å². The van der Waals surface area contributed by atoms with Crippen LogP contribution in [0.2, 0.25) is 0 Å². The summed E-state index contributed by atoms with van der Waals surface area (Å²) < 4.78 is 2.24. The lowest BCUT2D eigenvalue weighted by Gasteiger charge is -2.18. The minimum Gasteiger partial charge on any atom is -0.342 e. The molecule has 1 unspecified atom stereocenters. The van der Waals surface area contributed by atoms with Gasteiger partial charge >= 0.3 is 0 Å². The number of hydrogen-bond acceptors (Lipinski definition) is 3. The minimum atomic E-state index is 0.276. The molecule has 2 aromatic heterocycles. The van der Waals surface area contributed by atoms with Gasteiger partial charge in [0.1, 0.15) is 5.82 Å². The molecule has 0 radical (unpaired) electrons. The van der Waals surface area contributed by atoms with Gasteiger partial charge in [0.25, 0.3) is 0 Å². The molecule has 5 nitrogen and oxygen atoms in total. The normalized spacial score (nSPS) is 18.5. The molecule has 1 fully saturated rings. The fourth-order valence-corrected chi connectivity index (χ4v) is 3.31. The average molecular weight is 300 g/mol. The molecule has 0 bridgehead atoms. The zero-order chi connectivity index (χ0) is 15.7. The van der Waals surface area contributed by atoms with E-state index in [2.05, 4.69) is 30.3 Å². The molecular weight excluding hydrogens is 276 g/mol. The number of aromatic nitrogens is 3. The van der Waals surface area contributed by atoms with Crippen LogP contribution in [0.15, 0.2) is 18.5 Å². The van der Waals surface area contributed by atoms with Crippen LogP contribution in [0.1, 0.15) is 45.4 Å². The molecule has 0 spiro atoms. The molecule has 1 amide bonds. The third kappa shape index (κ3) is 2.72. The smallest absolute Gasteiger partial charge is 0.222 e. The highest BCUT2D eigenvalue weighted by atomic mass is 16.2. The van der Waals surface area contributed by atoms with Crippen molar-refractivity contribution in [1.29, 1.82) is 0 Å². The van der Waals surface area contributed by atoms with Gasteiger partial charge in [-0.25, -0.2) is 4.98 Å². The highest BCUT2D eigenvalue weighted by molar-refractivity contribution is 5.77. The van der Waals surface area contributed by atoms with E-state index in [1.54, 1.807) is 6.20 Å². The molecule has 0 N–H and O–H groups in total. The summed E-state index contributed by atoms with van der Waals surface area (Å²) in [6, 6.07) is 1.96. The van der Waals surface area contributed by atoms with Gasteiger partial charge in [0.2, 0.25) is 5.91 Å². The highest BCUT2D eigenvalue weighted by Crippen LogP contribution is 2.29. The largest absolute Gasteiger partial charge is 0.342 e. The second kappa shape index (κ2) is 6.07. The first-order chi connectivity index (χ1) is 10.6. The molecular formula is C17H24N4O. The van der Waals surface area contributed by atoms with E-state index in [0.717, 1.165) is 42.9 Å². The number of aryl methyl sites for hydroxylation is 1. The van der Waals surface area contributed by atoms with Gasteiger partial charge in [-0.15, -0.1) is 0 Å². The van der Waals surface area contributed by atoms with E-state index in [-0.39, 0.29) is 5.91 Å². The van der Waals surface area contributed by atoms with Crippen molar-refractivity contribution in [1.82, 2.24) is 19.4 Å². The van der Waals surface area contributed by atoms with E-state index < -0.39 is 0 Å². The van der Waals surface area contributed by atoms with Gasteiger partial charge in [-0.2, -0.15) is 0 Å². The van der Waals surface area contributed by atoms with Crippen LogP contribution >= 0.6 is 0 Å². The lowest BCUT2D eigenvalue weighted by atomic mass is 10.1. The Morgan fingerprint density at radius 3 is 3.00 bits per heavy atom. The molecule has 1 aliphatic rings. The van der Waals surface area contributed by atoms with E-state index in [4.69, 9.17) is 4.98 Å². The molecule has 118 valence electrons. The predicted molar refractivity (Wildman–Crippen MR) is 86.6 cm³/mol. The summed E-state index contributed by atoms with van der Waals surface area (Å²) in [7, 11) is 0. The molecule has 1 saturated heterocycles. The summed E-state index contributed by atoms with van der Waals surface area (Å²) in [6.07, 6.45) is 5.31. The van der Waals surface area contributed by atoms with Crippen LogP contribution in [0.25, 0.3) is 11.0 Å². The van der Waals surface area contributed by atoms with E-state index in [1.165, 1.54) is 0 Å². The zero-order valence-electron chi connectivity index (χ0n) is 13.6. The SMILES string of the molecule is CCn1c(C2CCN(C(=O)CC(C)C)C2)nc2ccncc21. The molecule has 5 heteroatoms. The van der Waals surface area contributed by atoms with Gasteiger partial charge in [0.05, 0.1) is 17.2 Å². The maximum Gasteiger partial charge on any atom is 0.222 e. The number of carbonyl (C=O) groups is 1. The molecule has 0 saturated carbocycles. The first kappa shape index (κ1) is 15.0. The number of hydrogen-bond donors (Lipinski definition) is 0. The van der Waals surface area contributed by atoms with E-state index in [9.17, 15) is 4.79 Å². The van der Waals surface area contributed by atoms with Crippen molar-refractivity contribution in [2.75, 3.05) is 13.1 Å². The monoisotopic (exact) mass is 300 g/mol. The molecule has 3 rings (SSSR count). The van der Waals surface area contributed by atoms with Crippen LogP contribution < -0.4 is 0 Å². The molecule has 0 aromatic carbocycles. The van der Waals surface area contributed by atoms with Gasteiger partial charge < -0.3 is 9.47 Å². The molecule has 1 atom stereocenters. The summed E-state index contributed by atoms with van der Waals surface area (Å²) in [6.45, 7) is 8.84. The fraction of sp³-hybridized carbons (Fsp3) is 0.588. The number of amides is 1. The van der Waals surface area contributed by atoms with Gasteiger partial charge in [0, 0.05) is 38.2 Å². The Labute approximate surface area is 131 Å². The first-order valence-corrected chi connectivity index (χ1v) is 8.18. The number of fused-ring (bicyclic) bond motifs is 1. The van der Waals surface area contributed by atoms with Gasteiger partial charge in [-0.05, 0) is 25.3 Å². The van der Waals surface area contributed by atoms with Crippen LogP contribution in [0.3, 0.4) is 0 Å². The summed E-state index contributed by atoms with van der Waals surface area (Å²) in [5.41, 5.74) is 2.09. The summed E-state index contributed by atoms with van der Waals surface area (Å²) in [5, 5.41) is 0. The fourth-order valence-electron chi connectivity index (χ4n) is 3.31. The quantitative estimate of drug-likeness (QED) is 0.872. The van der Waals surface area contributed by atoms with Crippen molar-refractivity contribution < 1.29 is 4.79 Å². The van der Waals surface area contributed by atoms with Crippen molar-refractivity contribution in [2.45, 2.75) is 46.1 Å². The number of carbonyl (C=O) groups excluding carboxylic acids is 1. The second-order valence-electron chi connectivity index (χ2n) is 6.50. The summed E-state index contributed by atoms with van der Waals surface area (Å²) >= 11 is 0. The number of imidazole rings is 1. The zero-order valence-corrected chi connectivity index (χ0v) is 13.6. The second-order valence-corrected chi connectivity index (χ2v) is 6.50. The van der Waals surface area contributed by atoms with Crippen molar-refractivity contribution in [3.05, 3.63) is 24.3 Å². The molecule has 3 heterocycles. The van der Waals surface area contributed by atoms with Crippen molar-refractivity contribution in [3.63, 3.8) is 0 Å². The average Bonchev–Trinajstić information content (AvgIpc) is 3.10. The Morgan fingerprint density at radius 1 is 1.45 bits per heavy atom. The Balaban J connectivity index is 1.82. The first-order valence-electron chi connectivity index (χ1n) is 8.18. The lowest BCUT2D eigenvalue weighted by Crippen LogP contribution is -2.29. The van der Waals surface area contributed by atoms with Crippen LogP contribution in [0.5, 0.6) is 0 Å². The molecule has 22 heavy (non-hydrogen) atoms. The topological polar surface area (TPSA) is 51.0 Å². The lowest BCUT2D eigenvalue weighted by molar-refractivity contribution is -0.130. The Hall–Kier alpha value is -1.91. The minimum absolute atomic E-state index is 0.276. The van der Waals surface area contributed by atoms with Crippen LogP contribution in [-0.2, 0) is 11.3 Å². The summed E-state index contributed by atoms with van der Waals surface area (Å²) in [4.78, 5) is 23.3. The van der Waals surface area contributed by atoms with Crippen LogP contribution in [-0.4, -0.2) is 38.4 Å². The maximum absolute atomic E-state index is 12.2. The number of pyridine rings is 1. The van der Waals surface area contributed by atoms with Crippen molar-refractivity contribution >= 4 is 16.9 Å². The molecule has 1 aliphatic heterocycles. The maximum atomic E-state index is 12.2. The van der Waals surface area contributed by atoms with E-state index in [1.807, 2.05) is 17.2 Å². The van der Waals surface area contributed by atoms with Crippen molar-refractivity contribution in [3.8, 4) is 0 Å². The van der Waals surface area contributed by atoms with E-state index >= 15 is 0 Å².